The zero-order chi connectivity index (χ0) is 23.0. The number of hydrogen-bond donors (Lipinski definition) is 1. The monoisotopic (exact) mass is 467 g/mol. The molecule has 1 N–H and O–H groups in total. The second-order valence-corrected chi connectivity index (χ2v) is 11.6. The Morgan fingerprint density at radius 1 is 1.12 bits per heavy atom. The minimum Gasteiger partial charge on any atom is -0.627 e. The lowest BCUT2D eigenvalue weighted by Crippen LogP contribution is -2.51. The molecule has 2 heterocycles. The van der Waals surface area contributed by atoms with Gasteiger partial charge < -0.3 is 9.85 Å². The number of benzene rings is 2. The van der Waals surface area contributed by atoms with Crippen LogP contribution in [0.15, 0.2) is 47.3 Å². The molecule has 1 aliphatic heterocycles. The van der Waals surface area contributed by atoms with E-state index in [2.05, 4.69) is 10.2 Å². The number of halogens is 1. The summed E-state index contributed by atoms with van der Waals surface area (Å²) in [6.07, 6.45) is 5.74. The second kappa shape index (κ2) is 9.05. The van der Waals surface area contributed by atoms with Crippen LogP contribution in [-0.2, 0) is 11.2 Å². The summed E-state index contributed by atoms with van der Waals surface area (Å²) in [5.41, 5.74) is 1.68. The smallest absolute Gasteiger partial charge is 0.272 e. The summed E-state index contributed by atoms with van der Waals surface area (Å²) >= 11 is 0. The number of nitrogens with one attached hydrogen (secondary N) is 1. The Kier molecular flexibility index (Phi) is 6.12. The molecule has 0 bridgehead atoms. The van der Waals surface area contributed by atoms with E-state index < -0.39 is 18.4 Å². The van der Waals surface area contributed by atoms with Gasteiger partial charge in [-0.15, -0.1) is 0 Å². The average Bonchev–Trinajstić information content (AvgIpc) is 3.37. The van der Waals surface area contributed by atoms with Crippen LogP contribution in [0.25, 0.3) is 10.8 Å². The zero-order valence-electron chi connectivity index (χ0n) is 18.4. The van der Waals surface area contributed by atoms with Gasteiger partial charge in [0.05, 0.1) is 24.2 Å². The molecule has 3 aromatic rings. The third-order valence-electron chi connectivity index (χ3n) is 7.07. The highest BCUT2D eigenvalue weighted by Gasteiger charge is 2.37. The van der Waals surface area contributed by atoms with Gasteiger partial charge in [-0.05, 0) is 38.5 Å². The average molecular weight is 467 g/mol. The van der Waals surface area contributed by atoms with Crippen molar-refractivity contribution in [2.75, 3.05) is 25.4 Å². The number of nitrogens with zero attached hydrogens (tertiary/aromatic N) is 2. The fourth-order valence-corrected chi connectivity index (χ4v) is 7.73. The molecule has 1 aliphatic carbocycles. The topological polar surface area (TPSA) is 85.9 Å². The van der Waals surface area contributed by atoms with Crippen LogP contribution in [0.4, 0.5) is 10.1 Å². The first-order valence-corrected chi connectivity index (χ1v) is 13.3. The van der Waals surface area contributed by atoms with Crippen LogP contribution in [0.3, 0.4) is 0 Å². The van der Waals surface area contributed by atoms with E-state index in [1.54, 1.807) is 24.3 Å². The summed E-state index contributed by atoms with van der Waals surface area (Å²) in [4.78, 5) is 24.9. The molecular formula is C25H27FN3O3P. The van der Waals surface area contributed by atoms with Crippen molar-refractivity contribution in [3.63, 3.8) is 0 Å². The van der Waals surface area contributed by atoms with Crippen molar-refractivity contribution in [2.24, 2.45) is 5.92 Å². The maximum absolute atomic E-state index is 14.8. The highest BCUT2D eigenvalue weighted by Crippen LogP contribution is 2.47. The number of carbonyl (C=O) groups excluding carboxylic acids is 1. The van der Waals surface area contributed by atoms with Gasteiger partial charge >= 0.3 is 0 Å². The summed E-state index contributed by atoms with van der Waals surface area (Å²) < 4.78 is 14.1. The molecule has 6 nitrogen and oxygen atoms in total. The molecule has 2 fully saturated rings. The number of aromatic amines is 1. The zero-order valence-corrected chi connectivity index (χ0v) is 19.3. The van der Waals surface area contributed by atoms with Gasteiger partial charge in [-0.3, -0.25) is 9.59 Å². The van der Waals surface area contributed by atoms with Crippen LogP contribution in [-0.4, -0.2) is 41.1 Å². The van der Waals surface area contributed by atoms with E-state index in [4.69, 9.17) is 0 Å². The van der Waals surface area contributed by atoms with Crippen LogP contribution >= 0.6 is 7.92 Å². The van der Waals surface area contributed by atoms with Crippen molar-refractivity contribution in [2.45, 2.75) is 32.1 Å². The van der Waals surface area contributed by atoms with Gasteiger partial charge in [0.1, 0.15) is 0 Å². The van der Waals surface area contributed by atoms with Gasteiger partial charge in [0.2, 0.25) is 0 Å². The first-order chi connectivity index (χ1) is 15.9. The fourth-order valence-electron chi connectivity index (χ4n) is 5.16. The molecule has 2 aliphatic rings. The molecule has 0 radical (unpaired) electrons. The molecule has 0 spiro atoms. The van der Waals surface area contributed by atoms with Crippen LogP contribution in [0.2, 0.25) is 0 Å². The predicted octanol–water partition coefficient (Wildman–Crippen LogP) is 4.67. The first-order valence-electron chi connectivity index (χ1n) is 11.6. The summed E-state index contributed by atoms with van der Waals surface area (Å²) in [7, 11) is -0.794. The van der Waals surface area contributed by atoms with E-state index >= 15 is 0 Å². The lowest BCUT2D eigenvalue weighted by atomic mass is 10.0. The largest absolute Gasteiger partial charge is 0.627 e. The number of carbonyl (C=O) groups is 1. The van der Waals surface area contributed by atoms with Crippen molar-refractivity contribution >= 4 is 29.9 Å². The first kappa shape index (κ1) is 22.3. The van der Waals surface area contributed by atoms with Crippen molar-refractivity contribution in [1.29, 1.82) is 0 Å². The molecule has 0 amide bonds. The lowest BCUT2D eigenvalue weighted by molar-refractivity contribution is -0.114. The van der Waals surface area contributed by atoms with Crippen LogP contribution in [0, 0.1) is 16.9 Å². The third-order valence-corrected chi connectivity index (χ3v) is 9.54. The Hall–Kier alpha value is -2.47. The van der Waals surface area contributed by atoms with Crippen molar-refractivity contribution in [1.82, 2.24) is 14.8 Å². The molecular weight excluding hydrogens is 440 g/mol. The lowest BCUT2D eigenvalue weighted by Gasteiger charge is -2.46. The number of quaternary nitrogens is 1. The Balaban J connectivity index is 1.37. The maximum Gasteiger partial charge on any atom is 0.272 e. The highest BCUT2D eigenvalue weighted by molar-refractivity contribution is 7.75. The van der Waals surface area contributed by atoms with E-state index in [9.17, 15) is 19.2 Å². The number of H-pyrrole nitrogens is 1. The number of fused-ring (bicyclic) bond motifs is 1. The Morgan fingerprint density at radius 3 is 2.55 bits per heavy atom. The third kappa shape index (κ3) is 4.37. The molecule has 33 heavy (non-hydrogen) atoms. The Labute approximate surface area is 192 Å². The Morgan fingerprint density at radius 2 is 1.82 bits per heavy atom. The van der Waals surface area contributed by atoms with Crippen LogP contribution in [0.1, 0.15) is 36.9 Å². The minimum atomic E-state index is -0.794. The van der Waals surface area contributed by atoms with Crippen molar-refractivity contribution in [3.8, 4) is 0 Å². The van der Waals surface area contributed by atoms with Gasteiger partial charge in [-0.25, -0.2) is 9.49 Å². The van der Waals surface area contributed by atoms with E-state index in [0.29, 0.717) is 35.3 Å². The van der Waals surface area contributed by atoms with E-state index in [1.165, 1.54) is 6.07 Å². The SMILES string of the molecule is O=C(C1CCCC1)P1CC[N+]([O-])(c2cc(Cc3n[nH]c(=O)c4ccccc34)ccc2F)CC1. The van der Waals surface area contributed by atoms with Crippen molar-refractivity contribution < 1.29 is 9.18 Å². The molecule has 2 aromatic carbocycles. The molecule has 5 rings (SSSR count). The van der Waals surface area contributed by atoms with Gasteiger partial charge in [0.25, 0.3) is 5.56 Å². The van der Waals surface area contributed by atoms with Crippen molar-refractivity contribution in [3.05, 3.63) is 75.1 Å². The van der Waals surface area contributed by atoms with Gasteiger partial charge in [-0.2, -0.15) is 5.10 Å². The fraction of sp³-hybridized carbons (Fsp3) is 0.400. The number of aromatic nitrogens is 2. The Bertz CT molecular complexity index is 1250. The normalized spacial score (nSPS) is 23.8. The quantitative estimate of drug-likeness (QED) is 0.336. The molecule has 1 saturated carbocycles. The second-order valence-electron chi connectivity index (χ2n) is 9.15. The number of rotatable bonds is 5. The van der Waals surface area contributed by atoms with E-state index in [1.807, 2.05) is 12.1 Å². The van der Waals surface area contributed by atoms with Gasteiger partial charge in [0.15, 0.2) is 17.0 Å². The predicted molar refractivity (Wildman–Crippen MR) is 130 cm³/mol. The molecule has 0 unspecified atom stereocenters. The summed E-state index contributed by atoms with van der Waals surface area (Å²) in [6.45, 7) is 0.481. The van der Waals surface area contributed by atoms with E-state index in [0.717, 1.165) is 36.6 Å². The molecule has 1 saturated heterocycles. The van der Waals surface area contributed by atoms with Gasteiger partial charge in [-0.1, -0.05) is 37.1 Å². The van der Waals surface area contributed by atoms with Crippen LogP contribution < -0.4 is 10.2 Å². The summed E-state index contributed by atoms with van der Waals surface area (Å²) in [5, 5.41) is 21.6. The summed E-state index contributed by atoms with van der Waals surface area (Å²) in [6, 6.07) is 11.9. The number of hydrogen-bond acceptors (Lipinski definition) is 4. The molecule has 0 atom stereocenters. The maximum atomic E-state index is 14.8. The highest BCUT2D eigenvalue weighted by atomic mass is 31.1. The molecule has 8 heteroatoms. The van der Waals surface area contributed by atoms with E-state index in [-0.39, 0.29) is 30.3 Å². The summed E-state index contributed by atoms with van der Waals surface area (Å²) in [5.74, 6) is -0.330. The number of hydroxylamine groups is 2. The molecule has 172 valence electrons. The molecule has 1 aromatic heterocycles. The van der Waals surface area contributed by atoms with Crippen LogP contribution in [0.5, 0.6) is 0 Å². The standard InChI is InChI=1S/C25H27FN3O3P/c26-21-10-9-17(15-22-19-7-3-4-8-20(19)24(30)28-27-22)16-23(21)29(32)11-13-33(14-12-29)25(31)18-5-1-2-6-18/h3-4,7-10,16,18H,1-2,5-6,11-15H2,(H,28,30). The van der Waals surface area contributed by atoms with Gasteiger partial charge in [0, 0.05) is 36.1 Å². The minimum absolute atomic E-state index is 0.129.